The predicted octanol–water partition coefficient (Wildman–Crippen LogP) is 4.14. The molecule has 0 aromatic heterocycles. The summed E-state index contributed by atoms with van der Waals surface area (Å²) in [6, 6.07) is 15.2. The van der Waals surface area contributed by atoms with Gasteiger partial charge in [0.2, 0.25) is 0 Å². The number of benzene rings is 2. The Hall–Kier alpha value is -2.42. The minimum absolute atomic E-state index is 0.135. The van der Waals surface area contributed by atoms with Crippen molar-refractivity contribution in [2.45, 2.75) is 12.8 Å². The van der Waals surface area contributed by atoms with Crippen LogP contribution in [0.5, 0.6) is 0 Å². The maximum atomic E-state index is 10.9. The average molecular weight is 251 g/mol. The van der Waals surface area contributed by atoms with Gasteiger partial charge in [0, 0.05) is 18.1 Å². The first-order valence-corrected chi connectivity index (χ1v) is 6.18. The van der Waals surface area contributed by atoms with E-state index in [1.807, 2.05) is 24.3 Å². The summed E-state index contributed by atoms with van der Waals surface area (Å²) < 4.78 is 0. The van der Waals surface area contributed by atoms with Crippen molar-refractivity contribution >= 4 is 11.8 Å². The highest BCUT2D eigenvalue weighted by atomic mass is 16.6. The lowest BCUT2D eigenvalue weighted by Gasteiger charge is -2.14. The highest BCUT2D eigenvalue weighted by Crippen LogP contribution is 2.41. The summed E-state index contributed by atoms with van der Waals surface area (Å²) in [5.74, 6) is 0.135. The van der Waals surface area contributed by atoms with Crippen LogP contribution in [0.1, 0.15) is 29.5 Å². The Balaban J connectivity index is 2.13. The lowest BCUT2D eigenvalue weighted by atomic mass is 9.89. The minimum atomic E-state index is -0.337. The standard InChI is InChI=1S/C16H13NO2/c1-11-9-13-7-8-14(17(18)19)10-15(13)16(11)12-5-3-2-4-6-12/h2-10,16H,1H3. The van der Waals surface area contributed by atoms with Gasteiger partial charge in [-0.25, -0.2) is 0 Å². The van der Waals surface area contributed by atoms with Gasteiger partial charge in [-0.15, -0.1) is 0 Å². The molecule has 0 fully saturated rings. The van der Waals surface area contributed by atoms with Crippen LogP contribution in [0.4, 0.5) is 5.69 Å². The Morgan fingerprint density at radius 2 is 1.84 bits per heavy atom. The van der Waals surface area contributed by atoms with E-state index in [0.29, 0.717) is 0 Å². The third kappa shape index (κ3) is 1.93. The van der Waals surface area contributed by atoms with E-state index in [9.17, 15) is 10.1 Å². The molecule has 0 N–H and O–H groups in total. The first kappa shape index (κ1) is 11.7. The molecule has 0 heterocycles. The lowest BCUT2D eigenvalue weighted by molar-refractivity contribution is -0.384. The van der Waals surface area contributed by atoms with E-state index in [0.717, 1.165) is 11.1 Å². The number of rotatable bonds is 2. The van der Waals surface area contributed by atoms with Crippen LogP contribution in [-0.2, 0) is 0 Å². The number of nitro benzene ring substituents is 1. The number of hydrogen-bond donors (Lipinski definition) is 0. The average Bonchev–Trinajstić information content (AvgIpc) is 2.74. The van der Waals surface area contributed by atoms with Gasteiger partial charge in [0.25, 0.3) is 5.69 Å². The molecule has 0 aliphatic heterocycles. The van der Waals surface area contributed by atoms with E-state index in [4.69, 9.17) is 0 Å². The smallest absolute Gasteiger partial charge is 0.258 e. The number of non-ortho nitro benzene ring substituents is 1. The molecule has 0 saturated heterocycles. The third-order valence-corrected chi connectivity index (χ3v) is 3.56. The molecule has 0 amide bonds. The molecule has 2 aromatic rings. The number of allylic oxidation sites excluding steroid dienone is 1. The van der Waals surface area contributed by atoms with Crippen molar-refractivity contribution in [3.05, 3.63) is 80.9 Å². The lowest BCUT2D eigenvalue weighted by Crippen LogP contribution is -2.00. The van der Waals surface area contributed by atoms with E-state index in [2.05, 4.69) is 25.1 Å². The van der Waals surface area contributed by atoms with Crippen molar-refractivity contribution in [1.82, 2.24) is 0 Å². The molecule has 0 radical (unpaired) electrons. The Labute approximate surface area is 111 Å². The quantitative estimate of drug-likeness (QED) is 0.594. The van der Waals surface area contributed by atoms with Crippen LogP contribution in [0.15, 0.2) is 54.1 Å². The Kier molecular flexibility index (Phi) is 2.67. The summed E-state index contributed by atoms with van der Waals surface area (Å²) in [4.78, 5) is 10.6. The molecule has 0 bridgehead atoms. The van der Waals surface area contributed by atoms with Crippen molar-refractivity contribution in [1.29, 1.82) is 0 Å². The second kappa shape index (κ2) is 4.35. The first-order chi connectivity index (χ1) is 9.16. The predicted molar refractivity (Wildman–Crippen MR) is 75.0 cm³/mol. The van der Waals surface area contributed by atoms with Crippen molar-refractivity contribution in [3.63, 3.8) is 0 Å². The van der Waals surface area contributed by atoms with Gasteiger partial charge in [-0.1, -0.05) is 42.0 Å². The summed E-state index contributed by atoms with van der Waals surface area (Å²) >= 11 is 0. The maximum Gasteiger partial charge on any atom is 0.269 e. The third-order valence-electron chi connectivity index (χ3n) is 3.56. The zero-order valence-corrected chi connectivity index (χ0v) is 10.5. The number of hydrogen-bond acceptors (Lipinski definition) is 2. The molecule has 3 heteroatoms. The molecular formula is C16H13NO2. The first-order valence-electron chi connectivity index (χ1n) is 6.18. The number of nitrogens with zero attached hydrogens (tertiary/aromatic N) is 1. The van der Waals surface area contributed by atoms with Crippen molar-refractivity contribution < 1.29 is 4.92 Å². The molecule has 19 heavy (non-hydrogen) atoms. The van der Waals surface area contributed by atoms with Gasteiger partial charge in [0.1, 0.15) is 0 Å². The molecule has 0 spiro atoms. The topological polar surface area (TPSA) is 43.1 Å². The zero-order valence-electron chi connectivity index (χ0n) is 10.5. The van der Waals surface area contributed by atoms with E-state index in [1.54, 1.807) is 12.1 Å². The molecule has 1 aliphatic carbocycles. The van der Waals surface area contributed by atoms with Gasteiger partial charge in [-0.3, -0.25) is 10.1 Å². The van der Waals surface area contributed by atoms with Crippen LogP contribution in [-0.4, -0.2) is 4.92 Å². The second-order valence-electron chi connectivity index (χ2n) is 4.80. The SMILES string of the molecule is CC1=Cc2ccc([N+](=O)[O-])cc2C1c1ccccc1. The van der Waals surface area contributed by atoms with Crippen molar-refractivity contribution in [2.24, 2.45) is 0 Å². The fourth-order valence-corrected chi connectivity index (χ4v) is 2.72. The molecule has 3 rings (SSSR count). The van der Waals surface area contributed by atoms with Gasteiger partial charge in [-0.05, 0) is 29.7 Å². The summed E-state index contributed by atoms with van der Waals surface area (Å²) in [5.41, 5.74) is 4.66. The van der Waals surface area contributed by atoms with Gasteiger partial charge in [-0.2, -0.15) is 0 Å². The molecular weight excluding hydrogens is 238 g/mol. The van der Waals surface area contributed by atoms with Gasteiger partial charge in [0.15, 0.2) is 0 Å². The highest BCUT2D eigenvalue weighted by molar-refractivity contribution is 5.70. The molecule has 3 nitrogen and oxygen atoms in total. The van der Waals surface area contributed by atoms with Crippen LogP contribution >= 0.6 is 0 Å². The van der Waals surface area contributed by atoms with Crippen molar-refractivity contribution in [2.75, 3.05) is 0 Å². The van der Waals surface area contributed by atoms with Gasteiger partial charge in [0.05, 0.1) is 4.92 Å². The normalized spacial score (nSPS) is 16.9. The van der Waals surface area contributed by atoms with E-state index in [-0.39, 0.29) is 16.5 Å². The largest absolute Gasteiger partial charge is 0.269 e. The maximum absolute atomic E-state index is 10.9. The minimum Gasteiger partial charge on any atom is -0.258 e. The fraction of sp³-hybridized carbons (Fsp3) is 0.125. The summed E-state index contributed by atoms with van der Waals surface area (Å²) in [6.45, 7) is 2.07. The van der Waals surface area contributed by atoms with Crippen LogP contribution in [0.2, 0.25) is 0 Å². The fourth-order valence-electron chi connectivity index (χ4n) is 2.72. The molecule has 1 aliphatic rings. The Bertz CT molecular complexity index is 674. The number of fused-ring (bicyclic) bond motifs is 1. The molecule has 1 unspecified atom stereocenters. The van der Waals surface area contributed by atoms with E-state index < -0.39 is 0 Å². The van der Waals surface area contributed by atoms with Crippen LogP contribution in [0.3, 0.4) is 0 Å². The van der Waals surface area contributed by atoms with Crippen LogP contribution in [0, 0.1) is 10.1 Å². The van der Waals surface area contributed by atoms with Gasteiger partial charge >= 0.3 is 0 Å². The van der Waals surface area contributed by atoms with E-state index in [1.165, 1.54) is 11.1 Å². The van der Waals surface area contributed by atoms with Crippen LogP contribution < -0.4 is 0 Å². The zero-order chi connectivity index (χ0) is 13.4. The Morgan fingerprint density at radius 1 is 1.11 bits per heavy atom. The molecule has 0 saturated carbocycles. The van der Waals surface area contributed by atoms with E-state index >= 15 is 0 Å². The second-order valence-corrected chi connectivity index (χ2v) is 4.80. The summed E-state index contributed by atoms with van der Waals surface area (Å²) in [6.07, 6.45) is 2.11. The van der Waals surface area contributed by atoms with Crippen LogP contribution in [0.25, 0.3) is 6.08 Å². The monoisotopic (exact) mass is 251 g/mol. The Morgan fingerprint density at radius 3 is 2.53 bits per heavy atom. The van der Waals surface area contributed by atoms with Crippen molar-refractivity contribution in [3.8, 4) is 0 Å². The van der Waals surface area contributed by atoms with Gasteiger partial charge < -0.3 is 0 Å². The summed E-state index contributed by atoms with van der Waals surface area (Å²) in [7, 11) is 0. The molecule has 1 atom stereocenters. The summed E-state index contributed by atoms with van der Waals surface area (Å²) in [5, 5.41) is 10.9. The number of nitro groups is 1. The molecule has 94 valence electrons. The molecule has 2 aromatic carbocycles. The highest BCUT2D eigenvalue weighted by Gasteiger charge is 2.25.